The van der Waals surface area contributed by atoms with E-state index in [0.29, 0.717) is 17.2 Å². The summed E-state index contributed by atoms with van der Waals surface area (Å²) in [7, 11) is 1.62. The number of fused-ring (bicyclic) bond motifs is 2. The van der Waals surface area contributed by atoms with Gasteiger partial charge in [-0.1, -0.05) is 0 Å². The number of hydrogen-bond acceptors (Lipinski definition) is 4. The Hall–Kier alpha value is -3.42. The molecule has 1 amide bonds. The molecule has 0 bridgehead atoms. The Morgan fingerprint density at radius 3 is 2.93 bits per heavy atom. The van der Waals surface area contributed by atoms with Crippen LogP contribution in [0.25, 0.3) is 33.2 Å². The number of carbonyl (C=O) groups is 1. The van der Waals surface area contributed by atoms with E-state index in [4.69, 9.17) is 4.74 Å². The van der Waals surface area contributed by atoms with Crippen LogP contribution in [0.4, 0.5) is 10.2 Å². The van der Waals surface area contributed by atoms with Gasteiger partial charge in [0.25, 0.3) is 0 Å². The van der Waals surface area contributed by atoms with E-state index < -0.39 is 12.1 Å². The topological polar surface area (TPSA) is 95.7 Å². The van der Waals surface area contributed by atoms with Gasteiger partial charge in [0.2, 0.25) is 5.91 Å². The van der Waals surface area contributed by atoms with Gasteiger partial charge in [0.05, 0.1) is 30.4 Å². The zero-order valence-corrected chi connectivity index (χ0v) is 14.4. The van der Waals surface area contributed by atoms with E-state index in [-0.39, 0.29) is 12.3 Å². The molecule has 3 aromatic heterocycles. The summed E-state index contributed by atoms with van der Waals surface area (Å²) in [5.41, 5.74) is 4.16. The fourth-order valence-electron chi connectivity index (χ4n) is 3.29. The number of pyridine rings is 1. The van der Waals surface area contributed by atoms with Crippen molar-refractivity contribution in [1.82, 2.24) is 19.9 Å². The first-order chi connectivity index (χ1) is 13.1. The van der Waals surface area contributed by atoms with Gasteiger partial charge >= 0.3 is 0 Å². The highest BCUT2D eigenvalue weighted by Crippen LogP contribution is 2.38. The maximum Gasteiger partial charge on any atom is 0.231 e. The van der Waals surface area contributed by atoms with Crippen LogP contribution in [0, 0.1) is 5.92 Å². The van der Waals surface area contributed by atoms with Crippen molar-refractivity contribution < 1.29 is 13.9 Å². The van der Waals surface area contributed by atoms with E-state index in [1.807, 2.05) is 24.4 Å². The first kappa shape index (κ1) is 15.8. The normalized spacial score (nSPS) is 18.7. The number of aromatic nitrogens is 4. The number of imidazole rings is 1. The lowest BCUT2D eigenvalue weighted by molar-refractivity contribution is -0.117. The molecule has 0 radical (unpaired) electrons. The van der Waals surface area contributed by atoms with Crippen molar-refractivity contribution >= 4 is 33.8 Å². The Bertz CT molecular complexity index is 1180. The van der Waals surface area contributed by atoms with E-state index in [9.17, 15) is 9.18 Å². The van der Waals surface area contributed by atoms with Crippen LogP contribution in [0.2, 0.25) is 0 Å². The van der Waals surface area contributed by atoms with Crippen molar-refractivity contribution in [3.63, 3.8) is 0 Å². The van der Waals surface area contributed by atoms with Gasteiger partial charge in [-0.3, -0.25) is 4.79 Å². The minimum absolute atomic E-state index is 0.288. The molecule has 8 heteroatoms. The van der Waals surface area contributed by atoms with E-state index in [2.05, 4.69) is 25.3 Å². The largest absolute Gasteiger partial charge is 0.496 e. The monoisotopic (exact) mass is 365 g/mol. The number of anilines is 1. The number of amides is 1. The van der Waals surface area contributed by atoms with Gasteiger partial charge in [-0.05, 0) is 24.6 Å². The van der Waals surface area contributed by atoms with Gasteiger partial charge in [0, 0.05) is 28.8 Å². The summed E-state index contributed by atoms with van der Waals surface area (Å²) >= 11 is 0. The maximum atomic E-state index is 13.0. The summed E-state index contributed by atoms with van der Waals surface area (Å²) in [4.78, 5) is 26.8. The SMILES string of the molecule is COc1cc2[nH]cnc2cc1-c1c[nH]c2nc(NC(=O)[C@@H]3C[C@@H]3F)ccc12. The highest BCUT2D eigenvalue weighted by Gasteiger charge is 2.43. The summed E-state index contributed by atoms with van der Waals surface area (Å²) < 4.78 is 18.6. The molecule has 0 unspecified atom stereocenters. The van der Waals surface area contributed by atoms with Crippen LogP contribution in [-0.2, 0) is 4.79 Å². The van der Waals surface area contributed by atoms with Gasteiger partial charge in [0.1, 0.15) is 23.4 Å². The van der Waals surface area contributed by atoms with Crippen LogP contribution in [0.5, 0.6) is 5.75 Å². The van der Waals surface area contributed by atoms with E-state index in [1.54, 1.807) is 19.5 Å². The molecule has 27 heavy (non-hydrogen) atoms. The smallest absolute Gasteiger partial charge is 0.231 e. The average molecular weight is 365 g/mol. The second kappa shape index (κ2) is 5.80. The zero-order chi connectivity index (χ0) is 18.5. The lowest BCUT2D eigenvalue weighted by atomic mass is 10.0. The standard InChI is InChI=1S/C19H16FN5O2/c1-27-16-6-15-14(22-8-23-15)5-10(16)12-7-21-18-9(12)2-3-17(24-18)25-19(26)11-4-13(11)20/h2-3,5-8,11,13H,4H2,1H3,(H,22,23)(H2,21,24,25,26)/t11-,13+/m1/s1. The molecular weight excluding hydrogens is 349 g/mol. The fourth-order valence-corrected chi connectivity index (χ4v) is 3.29. The minimum Gasteiger partial charge on any atom is -0.496 e. The lowest BCUT2D eigenvalue weighted by Gasteiger charge is -2.08. The van der Waals surface area contributed by atoms with Crippen LogP contribution in [0.1, 0.15) is 6.42 Å². The van der Waals surface area contributed by atoms with Gasteiger partial charge < -0.3 is 20.0 Å². The number of halogens is 1. The lowest BCUT2D eigenvalue weighted by Crippen LogP contribution is -2.15. The number of nitrogens with zero attached hydrogens (tertiary/aromatic N) is 2. The molecule has 0 aliphatic heterocycles. The number of H-pyrrole nitrogens is 2. The predicted molar refractivity (Wildman–Crippen MR) is 99.4 cm³/mol. The number of hydrogen-bond donors (Lipinski definition) is 3. The molecule has 7 nitrogen and oxygen atoms in total. The van der Waals surface area contributed by atoms with Gasteiger partial charge in [-0.25, -0.2) is 14.4 Å². The van der Waals surface area contributed by atoms with E-state index in [1.165, 1.54) is 0 Å². The number of ether oxygens (including phenoxy) is 1. The Kier molecular flexibility index (Phi) is 3.40. The van der Waals surface area contributed by atoms with Crippen molar-refractivity contribution in [2.45, 2.75) is 12.6 Å². The van der Waals surface area contributed by atoms with Crippen LogP contribution >= 0.6 is 0 Å². The Labute approximate surface area is 153 Å². The summed E-state index contributed by atoms with van der Waals surface area (Å²) in [5.74, 6) is 0.237. The number of aromatic amines is 2. The number of alkyl halides is 1. The van der Waals surface area contributed by atoms with Gasteiger partial charge in [0.15, 0.2) is 0 Å². The van der Waals surface area contributed by atoms with Crippen LogP contribution in [-0.4, -0.2) is 39.1 Å². The number of carbonyl (C=O) groups excluding carboxylic acids is 1. The average Bonchev–Trinajstić information content (AvgIpc) is 3.07. The molecule has 0 saturated heterocycles. The third-order valence-electron chi connectivity index (χ3n) is 4.87. The quantitative estimate of drug-likeness (QED) is 0.516. The first-order valence-corrected chi connectivity index (χ1v) is 8.58. The van der Waals surface area contributed by atoms with Crippen molar-refractivity contribution in [2.75, 3.05) is 12.4 Å². The van der Waals surface area contributed by atoms with E-state index in [0.717, 1.165) is 27.5 Å². The zero-order valence-electron chi connectivity index (χ0n) is 14.4. The summed E-state index contributed by atoms with van der Waals surface area (Å²) in [5, 5.41) is 3.55. The molecule has 1 aromatic carbocycles. The molecular formula is C19H16FN5O2. The molecule has 4 aromatic rings. The van der Waals surface area contributed by atoms with Crippen LogP contribution in [0.3, 0.4) is 0 Å². The first-order valence-electron chi connectivity index (χ1n) is 8.58. The number of benzene rings is 1. The molecule has 1 aliphatic carbocycles. The van der Waals surface area contributed by atoms with Crippen molar-refractivity contribution in [2.24, 2.45) is 5.92 Å². The van der Waals surface area contributed by atoms with Crippen LogP contribution < -0.4 is 10.1 Å². The van der Waals surface area contributed by atoms with Crippen molar-refractivity contribution in [3.8, 4) is 16.9 Å². The highest BCUT2D eigenvalue weighted by molar-refractivity contribution is 6.00. The number of nitrogens with one attached hydrogen (secondary N) is 3. The highest BCUT2D eigenvalue weighted by atomic mass is 19.1. The van der Waals surface area contributed by atoms with Crippen LogP contribution in [0.15, 0.2) is 36.8 Å². The van der Waals surface area contributed by atoms with Crippen molar-refractivity contribution in [3.05, 3.63) is 36.8 Å². The molecule has 1 fully saturated rings. The Morgan fingerprint density at radius 2 is 2.15 bits per heavy atom. The molecule has 1 saturated carbocycles. The summed E-state index contributed by atoms with van der Waals surface area (Å²) in [6.07, 6.45) is 2.74. The third kappa shape index (κ3) is 2.61. The Balaban J connectivity index is 1.54. The third-order valence-corrected chi connectivity index (χ3v) is 4.87. The van der Waals surface area contributed by atoms with Gasteiger partial charge in [-0.15, -0.1) is 0 Å². The molecule has 5 rings (SSSR count). The maximum absolute atomic E-state index is 13.0. The predicted octanol–water partition coefficient (Wildman–Crippen LogP) is 3.41. The second-order valence-corrected chi connectivity index (χ2v) is 6.61. The summed E-state index contributed by atoms with van der Waals surface area (Å²) in [6, 6.07) is 7.45. The van der Waals surface area contributed by atoms with Gasteiger partial charge in [-0.2, -0.15) is 0 Å². The molecule has 0 spiro atoms. The Morgan fingerprint density at radius 1 is 1.30 bits per heavy atom. The molecule has 3 heterocycles. The number of methoxy groups -OCH3 is 1. The van der Waals surface area contributed by atoms with E-state index >= 15 is 0 Å². The molecule has 3 N–H and O–H groups in total. The molecule has 1 aliphatic rings. The second-order valence-electron chi connectivity index (χ2n) is 6.61. The molecule has 2 atom stereocenters. The summed E-state index contributed by atoms with van der Waals surface area (Å²) in [6.45, 7) is 0. The molecule has 136 valence electrons. The minimum atomic E-state index is -1.03. The number of rotatable bonds is 4. The van der Waals surface area contributed by atoms with Crippen molar-refractivity contribution in [1.29, 1.82) is 0 Å². The fraction of sp³-hybridized carbons (Fsp3) is 0.211.